The van der Waals surface area contributed by atoms with Crippen LogP contribution in [0.4, 0.5) is 5.69 Å². The lowest BCUT2D eigenvalue weighted by atomic mass is 10.1. The van der Waals surface area contributed by atoms with Crippen LogP contribution in [0.1, 0.15) is 37.4 Å². The molecule has 0 bridgehead atoms. The van der Waals surface area contributed by atoms with Gasteiger partial charge in [0.25, 0.3) is 0 Å². The van der Waals surface area contributed by atoms with Gasteiger partial charge >= 0.3 is 0 Å². The Morgan fingerprint density at radius 3 is 2.45 bits per heavy atom. The minimum Gasteiger partial charge on any atom is -0.378 e. The predicted octanol–water partition coefficient (Wildman–Crippen LogP) is 6.23. The van der Waals surface area contributed by atoms with Gasteiger partial charge < -0.3 is 5.32 Å². The Morgan fingerprint density at radius 2 is 1.85 bits per heavy atom. The van der Waals surface area contributed by atoms with Crippen molar-refractivity contribution in [1.29, 1.82) is 0 Å². The molecule has 0 saturated carbocycles. The van der Waals surface area contributed by atoms with Crippen LogP contribution in [-0.2, 0) is 6.42 Å². The largest absolute Gasteiger partial charge is 0.378 e. The Morgan fingerprint density at radius 1 is 1.15 bits per heavy atom. The summed E-state index contributed by atoms with van der Waals surface area (Å²) in [6, 6.07) is 14.8. The molecule has 0 fully saturated rings. The number of nitrogens with one attached hydrogen (secondary N) is 1. The Labute approximate surface area is 134 Å². The van der Waals surface area contributed by atoms with Crippen molar-refractivity contribution in [3.63, 3.8) is 0 Å². The zero-order valence-electron chi connectivity index (χ0n) is 11.8. The highest BCUT2D eigenvalue weighted by Gasteiger charge is 2.09. The van der Waals surface area contributed by atoms with Gasteiger partial charge in [0.1, 0.15) is 0 Å². The minimum absolute atomic E-state index is 0.174. The third-order valence-corrected chi connectivity index (χ3v) is 4.13. The molecule has 0 aliphatic heterocycles. The molecular weight excluding hydrogens is 334 g/mol. The molecule has 1 unspecified atom stereocenters. The second-order valence-electron chi connectivity index (χ2n) is 4.98. The molecule has 0 amide bonds. The zero-order valence-corrected chi connectivity index (χ0v) is 14.1. The van der Waals surface area contributed by atoms with E-state index in [0.29, 0.717) is 0 Å². The van der Waals surface area contributed by atoms with Gasteiger partial charge in [0.2, 0.25) is 0 Å². The van der Waals surface area contributed by atoms with E-state index < -0.39 is 0 Å². The molecule has 1 atom stereocenters. The van der Waals surface area contributed by atoms with E-state index in [1.165, 1.54) is 12.0 Å². The van der Waals surface area contributed by atoms with Crippen LogP contribution in [0.3, 0.4) is 0 Å². The van der Waals surface area contributed by atoms with E-state index in [-0.39, 0.29) is 6.04 Å². The number of anilines is 1. The number of benzene rings is 2. The van der Waals surface area contributed by atoms with Gasteiger partial charge in [-0.3, -0.25) is 0 Å². The lowest BCUT2D eigenvalue weighted by Gasteiger charge is -2.17. The second-order valence-corrected chi connectivity index (χ2v) is 6.30. The fraction of sp³-hybridized carbons (Fsp3) is 0.294. The molecule has 0 aliphatic rings. The minimum atomic E-state index is 0.174. The van der Waals surface area contributed by atoms with E-state index in [9.17, 15) is 0 Å². The summed E-state index contributed by atoms with van der Waals surface area (Å²) >= 11 is 9.72. The van der Waals surface area contributed by atoms with E-state index in [1.54, 1.807) is 0 Å². The number of aryl methyl sites for hydroxylation is 1. The van der Waals surface area contributed by atoms with Gasteiger partial charge in [0.15, 0.2) is 0 Å². The van der Waals surface area contributed by atoms with Crippen LogP contribution in [0, 0.1) is 0 Å². The fourth-order valence-electron chi connectivity index (χ4n) is 2.24. The van der Waals surface area contributed by atoms with Crippen LogP contribution in [-0.4, -0.2) is 0 Å². The molecular formula is C17H19BrClN. The van der Waals surface area contributed by atoms with Crippen molar-refractivity contribution in [3.05, 3.63) is 63.1 Å². The predicted molar refractivity (Wildman–Crippen MR) is 91.6 cm³/mol. The fourth-order valence-corrected chi connectivity index (χ4v) is 3.07. The highest BCUT2D eigenvalue weighted by atomic mass is 79.9. The van der Waals surface area contributed by atoms with Crippen molar-refractivity contribution in [3.8, 4) is 0 Å². The Bertz CT molecular complexity index is 566. The second kappa shape index (κ2) is 7.14. The van der Waals surface area contributed by atoms with Crippen molar-refractivity contribution in [2.75, 3.05) is 5.32 Å². The molecule has 1 nitrogen and oxygen atoms in total. The first kappa shape index (κ1) is 15.4. The van der Waals surface area contributed by atoms with Gasteiger partial charge in [-0.15, -0.1) is 0 Å². The monoisotopic (exact) mass is 351 g/mol. The molecule has 2 rings (SSSR count). The lowest BCUT2D eigenvalue weighted by molar-refractivity contribution is 0.882. The lowest BCUT2D eigenvalue weighted by Crippen LogP contribution is -2.07. The molecule has 3 heteroatoms. The topological polar surface area (TPSA) is 12.0 Å². The van der Waals surface area contributed by atoms with Crippen LogP contribution in [0.5, 0.6) is 0 Å². The summed E-state index contributed by atoms with van der Waals surface area (Å²) in [5, 5.41) is 4.27. The molecule has 2 aromatic rings. The van der Waals surface area contributed by atoms with Gasteiger partial charge in [-0.2, -0.15) is 0 Å². The van der Waals surface area contributed by atoms with Crippen LogP contribution < -0.4 is 5.32 Å². The van der Waals surface area contributed by atoms with Crippen LogP contribution in [0.15, 0.2) is 46.9 Å². The average molecular weight is 353 g/mol. The maximum Gasteiger partial charge on any atom is 0.0500 e. The van der Waals surface area contributed by atoms with Gasteiger partial charge in [-0.1, -0.05) is 59.1 Å². The van der Waals surface area contributed by atoms with Crippen LogP contribution in [0.25, 0.3) is 0 Å². The van der Waals surface area contributed by atoms with E-state index in [0.717, 1.165) is 27.2 Å². The van der Waals surface area contributed by atoms with Gasteiger partial charge in [-0.25, -0.2) is 0 Å². The zero-order chi connectivity index (χ0) is 14.5. The number of halogens is 2. The first-order chi connectivity index (χ1) is 9.60. The summed E-state index contributed by atoms with van der Waals surface area (Å²) in [6.45, 7) is 4.32. The molecule has 2 aromatic carbocycles. The van der Waals surface area contributed by atoms with E-state index in [4.69, 9.17) is 11.6 Å². The molecule has 0 aliphatic carbocycles. The number of hydrogen-bond acceptors (Lipinski definition) is 1. The average Bonchev–Trinajstić information content (AvgIpc) is 2.41. The molecule has 0 aromatic heterocycles. The normalized spacial score (nSPS) is 12.2. The summed E-state index contributed by atoms with van der Waals surface area (Å²) in [5.41, 5.74) is 3.61. The third kappa shape index (κ3) is 4.00. The summed E-state index contributed by atoms with van der Waals surface area (Å²) in [7, 11) is 0. The van der Waals surface area contributed by atoms with Crippen molar-refractivity contribution >= 4 is 33.2 Å². The molecule has 20 heavy (non-hydrogen) atoms. The van der Waals surface area contributed by atoms with E-state index in [1.807, 2.05) is 12.1 Å². The highest BCUT2D eigenvalue weighted by Crippen LogP contribution is 2.28. The van der Waals surface area contributed by atoms with Crippen LogP contribution >= 0.6 is 27.5 Å². The van der Waals surface area contributed by atoms with Gasteiger partial charge in [0, 0.05) is 21.2 Å². The Hall–Kier alpha value is -0.990. The summed E-state index contributed by atoms with van der Waals surface area (Å²) in [4.78, 5) is 0. The first-order valence-electron chi connectivity index (χ1n) is 6.90. The van der Waals surface area contributed by atoms with Crippen LogP contribution in [0.2, 0.25) is 5.02 Å². The van der Waals surface area contributed by atoms with E-state index in [2.05, 4.69) is 65.4 Å². The standard InChI is InChI=1S/C17H19BrClN/c1-3-4-13-5-8-15(9-6-13)20-12(2)16-10-7-14(18)11-17(16)19/h5-12,20H,3-4H2,1-2H3. The Kier molecular flexibility index (Phi) is 5.50. The Balaban J connectivity index is 2.08. The summed E-state index contributed by atoms with van der Waals surface area (Å²) < 4.78 is 1.00. The molecule has 0 heterocycles. The quantitative estimate of drug-likeness (QED) is 0.672. The molecule has 1 N–H and O–H groups in total. The number of rotatable bonds is 5. The molecule has 106 valence electrons. The van der Waals surface area contributed by atoms with Crippen molar-refractivity contribution in [2.45, 2.75) is 32.7 Å². The number of hydrogen-bond donors (Lipinski definition) is 1. The van der Waals surface area contributed by atoms with Crippen molar-refractivity contribution in [1.82, 2.24) is 0 Å². The van der Waals surface area contributed by atoms with Crippen molar-refractivity contribution in [2.24, 2.45) is 0 Å². The summed E-state index contributed by atoms with van der Waals surface area (Å²) in [5.74, 6) is 0. The molecule has 0 saturated heterocycles. The van der Waals surface area contributed by atoms with Gasteiger partial charge in [0.05, 0.1) is 0 Å². The molecule has 0 radical (unpaired) electrons. The molecule has 0 spiro atoms. The first-order valence-corrected chi connectivity index (χ1v) is 8.07. The maximum absolute atomic E-state index is 6.29. The van der Waals surface area contributed by atoms with Gasteiger partial charge in [-0.05, 0) is 48.7 Å². The highest BCUT2D eigenvalue weighted by molar-refractivity contribution is 9.10. The SMILES string of the molecule is CCCc1ccc(NC(C)c2ccc(Br)cc2Cl)cc1. The maximum atomic E-state index is 6.29. The third-order valence-electron chi connectivity index (χ3n) is 3.30. The summed E-state index contributed by atoms with van der Waals surface area (Å²) in [6.07, 6.45) is 2.31. The van der Waals surface area contributed by atoms with Crippen molar-refractivity contribution < 1.29 is 0 Å². The van der Waals surface area contributed by atoms with E-state index >= 15 is 0 Å². The smallest absolute Gasteiger partial charge is 0.0500 e.